The summed E-state index contributed by atoms with van der Waals surface area (Å²) >= 11 is 0. The highest BCUT2D eigenvalue weighted by atomic mass is 16.2. The maximum Gasteiger partial charge on any atom is 0.0618 e. The molecule has 0 amide bonds. The highest BCUT2D eigenvalue weighted by Crippen LogP contribution is 1.58. The fourth-order valence-corrected chi connectivity index (χ4v) is 0. The fraction of sp³-hybridized carbons (Fsp3) is 0.800. The second-order valence-corrected chi connectivity index (χ2v) is 0.828. The van der Waals surface area contributed by atoms with Crippen molar-refractivity contribution in [2.24, 2.45) is 0 Å². The smallest absolute Gasteiger partial charge is 0.0618 e. The molecule has 0 fully saturated rings. The molecule has 0 aliphatic heterocycles. The first-order valence-electron chi connectivity index (χ1n) is 2.31. The molecule has 0 aromatic heterocycles. The molecule has 8 heavy (non-hydrogen) atoms. The minimum atomic E-state index is 0. The largest absolute Gasteiger partial charge is 0.412 e. The molecular weight excluding hydrogens is 106 g/mol. The summed E-state index contributed by atoms with van der Waals surface area (Å²) < 4.78 is 0. The summed E-state index contributed by atoms with van der Waals surface area (Å²) in [7, 11) is 0. The van der Waals surface area contributed by atoms with Gasteiger partial charge in [-0.1, -0.05) is 6.92 Å². The Bertz CT molecular complexity index is 48.9. The average molecular weight is 119 g/mol. The summed E-state index contributed by atoms with van der Waals surface area (Å²) in [5, 5.41) is 15.2. The number of aliphatic hydroxyl groups excluding tert-OH is 1. The van der Waals surface area contributed by atoms with E-state index in [2.05, 4.69) is 0 Å². The van der Waals surface area contributed by atoms with Gasteiger partial charge in [-0.05, 0) is 6.92 Å². The third kappa shape index (κ3) is 626. The number of nitriles is 1. The Kier molecular flexibility index (Phi) is 63.2. The molecule has 3 nitrogen and oxygen atoms in total. The first-order chi connectivity index (χ1) is 3.33. The third-order valence-electron chi connectivity index (χ3n) is 0.158. The SMILES string of the molecule is CCC#N.CCO.O. The third-order valence-corrected chi connectivity index (χ3v) is 0.158. The van der Waals surface area contributed by atoms with E-state index in [0.717, 1.165) is 0 Å². The van der Waals surface area contributed by atoms with Crippen molar-refractivity contribution in [1.82, 2.24) is 0 Å². The molecule has 0 atom stereocenters. The predicted octanol–water partition coefficient (Wildman–Crippen LogP) is 0.0939. The summed E-state index contributed by atoms with van der Waals surface area (Å²) in [5.74, 6) is 0. The van der Waals surface area contributed by atoms with E-state index in [0.29, 0.717) is 6.42 Å². The normalized spacial score (nSPS) is 4.75. The van der Waals surface area contributed by atoms with Crippen molar-refractivity contribution < 1.29 is 10.6 Å². The number of hydrogen-bond donors (Lipinski definition) is 1. The molecule has 0 unspecified atom stereocenters. The van der Waals surface area contributed by atoms with Crippen molar-refractivity contribution in [2.45, 2.75) is 20.3 Å². The van der Waals surface area contributed by atoms with Crippen LogP contribution < -0.4 is 0 Å². The van der Waals surface area contributed by atoms with E-state index >= 15 is 0 Å². The first kappa shape index (κ1) is 15.7. The maximum absolute atomic E-state index is 7.62. The van der Waals surface area contributed by atoms with Gasteiger partial charge in [0.2, 0.25) is 0 Å². The average Bonchev–Trinajstić information content (AvgIpc) is 1.69. The zero-order valence-electron chi connectivity index (χ0n) is 5.31. The fourth-order valence-electron chi connectivity index (χ4n) is 0. The Morgan fingerprint density at radius 2 is 1.62 bits per heavy atom. The van der Waals surface area contributed by atoms with Crippen LogP contribution in [0.4, 0.5) is 0 Å². The highest BCUT2D eigenvalue weighted by molar-refractivity contribution is 4.61. The van der Waals surface area contributed by atoms with Crippen LogP contribution in [-0.4, -0.2) is 17.2 Å². The van der Waals surface area contributed by atoms with E-state index < -0.39 is 0 Å². The number of nitrogens with zero attached hydrogens (tertiary/aromatic N) is 1. The first-order valence-corrected chi connectivity index (χ1v) is 2.31. The molecule has 0 radical (unpaired) electrons. The summed E-state index contributed by atoms with van der Waals surface area (Å²) in [6.45, 7) is 3.75. The van der Waals surface area contributed by atoms with E-state index in [1.807, 2.05) is 13.0 Å². The van der Waals surface area contributed by atoms with Crippen LogP contribution in [0.3, 0.4) is 0 Å². The van der Waals surface area contributed by atoms with Crippen LogP contribution in [-0.2, 0) is 0 Å². The Labute approximate surface area is 49.9 Å². The van der Waals surface area contributed by atoms with Crippen LogP contribution in [0.15, 0.2) is 0 Å². The van der Waals surface area contributed by atoms with Gasteiger partial charge in [-0.15, -0.1) is 0 Å². The Balaban J connectivity index is -0.0000000575. The predicted molar refractivity (Wildman–Crippen MR) is 32.3 cm³/mol. The lowest BCUT2D eigenvalue weighted by molar-refractivity contribution is 0.318. The van der Waals surface area contributed by atoms with Gasteiger partial charge in [0.25, 0.3) is 0 Å². The Morgan fingerprint density at radius 1 is 1.50 bits per heavy atom. The van der Waals surface area contributed by atoms with Crippen molar-refractivity contribution in [3.8, 4) is 6.07 Å². The van der Waals surface area contributed by atoms with Crippen molar-refractivity contribution in [3.05, 3.63) is 0 Å². The molecule has 0 saturated carbocycles. The molecule has 0 bridgehead atoms. The molecule has 0 rings (SSSR count). The second-order valence-electron chi connectivity index (χ2n) is 0.828. The molecule has 3 N–H and O–H groups in total. The molecule has 3 heteroatoms. The van der Waals surface area contributed by atoms with Gasteiger partial charge in [0.15, 0.2) is 0 Å². The van der Waals surface area contributed by atoms with Crippen LogP contribution in [0.25, 0.3) is 0 Å². The van der Waals surface area contributed by atoms with Crippen LogP contribution in [0.5, 0.6) is 0 Å². The number of rotatable bonds is 0. The Morgan fingerprint density at radius 3 is 1.62 bits per heavy atom. The van der Waals surface area contributed by atoms with E-state index in [9.17, 15) is 0 Å². The minimum Gasteiger partial charge on any atom is -0.412 e. The van der Waals surface area contributed by atoms with Gasteiger partial charge in [0.05, 0.1) is 6.07 Å². The van der Waals surface area contributed by atoms with Crippen LogP contribution >= 0.6 is 0 Å². The van der Waals surface area contributed by atoms with Gasteiger partial charge in [-0.25, -0.2) is 0 Å². The second kappa shape index (κ2) is 32.3. The van der Waals surface area contributed by atoms with Gasteiger partial charge in [0.1, 0.15) is 0 Å². The number of aliphatic hydroxyl groups is 1. The van der Waals surface area contributed by atoms with E-state index in [-0.39, 0.29) is 12.1 Å². The van der Waals surface area contributed by atoms with Crippen LogP contribution in [0.1, 0.15) is 20.3 Å². The standard InChI is InChI=1S/C3H5N.C2H6O.H2O/c1-2-3-4;1-2-3;/h2H2,1H3;3H,2H2,1H3;1H2. The van der Waals surface area contributed by atoms with Gasteiger partial charge >= 0.3 is 0 Å². The number of hydrogen-bond acceptors (Lipinski definition) is 2. The molecule has 0 spiro atoms. The Hall–Kier alpha value is -0.590. The molecule has 0 saturated heterocycles. The van der Waals surface area contributed by atoms with Crippen molar-refractivity contribution >= 4 is 0 Å². The van der Waals surface area contributed by atoms with Crippen molar-refractivity contribution in [1.29, 1.82) is 5.26 Å². The molecule has 0 aliphatic carbocycles. The van der Waals surface area contributed by atoms with Gasteiger partial charge in [-0.2, -0.15) is 5.26 Å². The zero-order valence-corrected chi connectivity index (χ0v) is 5.31. The molecule has 50 valence electrons. The van der Waals surface area contributed by atoms with E-state index in [1.54, 1.807) is 6.92 Å². The lowest BCUT2D eigenvalue weighted by atomic mass is 10.6. The zero-order chi connectivity index (χ0) is 6.12. The van der Waals surface area contributed by atoms with Gasteiger partial charge < -0.3 is 10.6 Å². The molecule has 0 heterocycles. The molecular formula is C5H13NO2. The van der Waals surface area contributed by atoms with Crippen molar-refractivity contribution in [2.75, 3.05) is 6.61 Å². The topological polar surface area (TPSA) is 75.5 Å². The summed E-state index contributed by atoms with van der Waals surface area (Å²) in [4.78, 5) is 0. The van der Waals surface area contributed by atoms with Crippen LogP contribution in [0, 0.1) is 11.3 Å². The summed E-state index contributed by atoms with van der Waals surface area (Å²) in [6.07, 6.45) is 0.625. The summed E-state index contributed by atoms with van der Waals surface area (Å²) in [5.41, 5.74) is 0. The van der Waals surface area contributed by atoms with Crippen molar-refractivity contribution in [3.63, 3.8) is 0 Å². The maximum atomic E-state index is 7.62. The van der Waals surface area contributed by atoms with Gasteiger partial charge in [0, 0.05) is 13.0 Å². The van der Waals surface area contributed by atoms with Gasteiger partial charge in [-0.3, -0.25) is 0 Å². The van der Waals surface area contributed by atoms with E-state index in [1.165, 1.54) is 0 Å². The van der Waals surface area contributed by atoms with Crippen LogP contribution in [0.2, 0.25) is 0 Å². The molecule has 0 aromatic rings. The lowest BCUT2D eigenvalue weighted by Gasteiger charge is -1.52. The van der Waals surface area contributed by atoms with E-state index in [4.69, 9.17) is 10.4 Å². The molecule has 0 aliphatic rings. The lowest BCUT2D eigenvalue weighted by Crippen LogP contribution is -1.57. The quantitative estimate of drug-likeness (QED) is 0.490. The highest BCUT2D eigenvalue weighted by Gasteiger charge is 1.49. The molecule has 0 aromatic carbocycles. The minimum absolute atomic E-state index is 0. The summed E-state index contributed by atoms with van der Waals surface area (Å²) in [6, 6.07) is 1.93. The monoisotopic (exact) mass is 119 g/mol.